The van der Waals surface area contributed by atoms with E-state index in [0.717, 1.165) is 0 Å². The van der Waals surface area contributed by atoms with E-state index in [2.05, 4.69) is 0 Å². The number of allylic oxidation sites excluding steroid dienone is 2. The molecule has 0 atom stereocenters. The summed E-state index contributed by atoms with van der Waals surface area (Å²) in [5, 5.41) is 0. The summed E-state index contributed by atoms with van der Waals surface area (Å²) in [5.41, 5.74) is 0. The second-order valence-corrected chi connectivity index (χ2v) is 0.917. The molecule has 1 nitrogen and oxygen atoms in total. The normalized spacial score (nSPS) is 9.50. The highest BCUT2D eigenvalue weighted by molar-refractivity contribution is 5.52. The van der Waals surface area contributed by atoms with Crippen LogP contribution < -0.4 is 0 Å². The van der Waals surface area contributed by atoms with Crippen LogP contribution in [0.1, 0.15) is 13.3 Å². The molecule has 0 rings (SSSR count). The summed E-state index contributed by atoms with van der Waals surface area (Å²) in [6.45, 7) is 1.87. The molecule has 1 heteroatoms. The first-order valence-corrected chi connectivity index (χ1v) is 1.88. The van der Waals surface area contributed by atoms with Gasteiger partial charge in [0, 0.05) is 6.42 Å². The van der Waals surface area contributed by atoms with Crippen molar-refractivity contribution in [2.45, 2.75) is 13.3 Å². The average molecular weight is 83.1 g/mol. The van der Waals surface area contributed by atoms with Crippen molar-refractivity contribution in [3.05, 3.63) is 12.2 Å². The van der Waals surface area contributed by atoms with Gasteiger partial charge in [0.2, 0.25) is 6.29 Å². The van der Waals surface area contributed by atoms with Gasteiger partial charge in [0.05, 0.1) is 0 Å². The van der Waals surface area contributed by atoms with Crippen LogP contribution in [-0.2, 0) is 4.79 Å². The summed E-state index contributed by atoms with van der Waals surface area (Å²) in [5.74, 6) is 0. The number of hydrogen-bond acceptors (Lipinski definition) is 1. The van der Waals surface area contributed by atoms with Crippen LogP contribution in [-0.4, -0.2) is 6.29 Å². The first-order valence-electron chi connectivity index (χ1n) is 1.88. The predicted molar refractivity (Wildman–Crippen MR) is 25.1 cm³/mol. The lowest BCUT2D eigenvalue weighted by Crippen LogP contribution is -1.61. The lowest BCUT2D eigenvalue weighted by atomic mass is 10.4. The van der Waals surface area contributed by atoms with Gasteiger partial charge in [0.1, 0.15) is 0 Å². The molecule has 0 amide bonds. The fourth-order valence-corrected chi connectivity index (χ4v) is 0.166. The fourth-order valence-electron chi connectivity index (χ4n) is 0.166. The van der Waals surface area contributed by atoms with Crippen molar-refractivity contribution in [1.29, 1.82) is 0 Å². The monoisotopic (exact) mass is 83.0 g/mol. The van der Waals surface area contributed by atoms with Crippen LogP contribution in [0.3, 0.4) is 0 Å². The summed E-state index contributed by atoms with van der Waals surface area (Å²) in [6.07, 6.45) is 5.74. The van der Waals surface area contributed by atoms with E-state index in [1.54, 1.807) is 12.4 Å². The first-order chi connectivity index (χ1) is 2.91. The molecular formula is C5H7O. The molecule has 0 aromatic carbocycles. The summed E-state index contributed by atoms with van der Waals surface area (Å²) in [7, 11) is 0. The maximum Gasteiger partial charge on any atom is 0.202 e. The van der Waals surface area contributed by atoms with Gasteiger partial charge in [-0.1, -0.05) is 12.2 Å². The molecule has 0 heterocycles. The molecule has 33 valence electrons. The SMILES string of the molecule is C/C=C/C[C]=O. The van der Waals surface area contributed by atoms with E-state index in [9.17, 15) is 4.79 Å². The van der Waals surface area contributed by atoms with Gasteiger partial charge in [-0.25, -0.2) is 0 Å². The van der Waals surface area contributed by atoms with Gasteiger partial charge in [-0.2, -0.15) is 0 Å². The molecule has 0 aliphatic rings. The van der Waals surface area contributed by atoms with Crippen molar-refractivity contribution in [3.63, 3.8) is 0 Å². The summed E-state index contributed by atoms with van der Waals surface area (Å²) in [4.78, 5) is 9.39. The zero-order valence-corrected chi connectivity index (χ0v) is 3.77. The molecule has 0 aliphatic heterocycles. The van der Waals surface area contributed by atoms with E-state index >= 15 is 0 Å². The smallest absolute Gasteiger partial charge is 0.202 e. The molecule has 0 bridgehead atoms. The summed E-state index contributed by atoms with van der Waals surface area (Å²) in [6, 6.07) is 0. The molecule has 0 aromatic heterocycles. The van der Waals surface area contributed by atoms with Gasteiger partial charge in [-0.05, 0) is 6.92 Å². The Bertz CT molecular complexity index is 55.0. The van der Waals surface area contributed by atoms with E-state index in [-0.39, 0.29) is 0 Å². The third kappa shape index (κ3) is 3.41. The number of hydrogen-bond donors (Lipinski definition) is 0. The van der Waals surface area contributed by atoms with E-state index in [1.165, 1.54) is 0 Å². The predicted octanol–water partition coefficient (Wildman–Crippen LogP) is 1.06. The number of rotatable bonds is 2. The van der Waals surface area contributed by atoms with E-state index in [0.29, 0.717) is 6.42 Å². The highest BCUT2D eigenvalue weighted by Crippen LogP contribution is 1.71. The van der Waals surface area contributed by atoms with Gasteiger partial charge in [0.15, 0.2) is 0 Å². The molecule has 1 radical (unpaired) electrons. The lowest BCUT2D eigenvalue weighted by molar-refractivity contribution is 0.556. The van der Waals surface area contributed by atoms with Gasteiger partial charge in [0.25, 0.3) is 0 Å². The molecule has 0 saturated heterocycles. The topological polar surface area (TPSA) is 17.1 Å². The Kier molecular flexibility index (Phi) is 3.98. The van der Waals surface area contributed by atoms with E-state index < -0.39 is 0 Å². The van der Waals surface area contributed by atoms with Crippen LogP contribution in [0.15, 0.2) is 12.2 Å². The molecule has 0 aliphatic carbocycles. The van der Waals surface area contributed by atoms with Crippen LogP contribution in [0, 0.1) is 0 Å². The van der Waals surface area contributed by atoms with Crippen molar-refractivity contribution in [2.24, 2.45) is 0 Å². The highest BCUT2D eigenvalue weighted by Gasteiger charge is 1.65. The van der Waals surface area contributed by atoms with Crippen molar-refractivity contribution in [1.82, 2.24) is 0 Å². The largest absolute Gasteiger partial charge is 0.291 e. The van der Waals surface area contributed by atoms with Gasteiger partial charge in [-0.15, -0.1) is 0 Å². The minimum atomic E-state index is 0.427. The molecule has 0 N–H and O–H groups in total. The average Bonchev–Trinajstić information content (AvgIpc) is 1.61. The van der Waals surface area contributed by atoms with Crippen molar-refractivity contribution in [3.8, 4) is 0 Å². The third-order valence-electron chi connectivity index (χ3n) is 0.437. The summed E-state index contributed by atoms with van der Waals surface area (Å²) < 4.78 is 0. The maximum absolute atomic E-state index is 9.39. The molecule has 0 unspecified atom stereocenters. The van der Waals surface area contributed by atoms with Crippen molar-refractivity contribution >= 4 is 6.29 Å². The summed E-state index contributed by atoms with van der Waals surface area (Å²) >= 11 is 0. The van der Waals surface area contributed by atoms with Crippen LogP contribution in [0.2, 0.25) is 0 Å². The maximum atomic E-state index is 9.39. The Morgan fingerprint density at radius 3 is 2.67 bits per heavy atom. The van der Waals surface area contributed by atoms with Gasteiger partial charge in [-0.3, -0.25) is 4.79 Å². The highest BCUT2D eigenvalue weighted by atomic mass is 16.1. The van der Waals surface area contributed by atoms with Crippen LogP contribution in [0.4, 0.5) is 0 Å². The lowest BCUT2D eigenvalue weighted by Gasteiger charge is -1.64. The molecule has 0 fully saturated rings. The van der Waals surface area contributed by atoms with Crippen LogP contribution in [0.25, 0.3) is 0 Å². The van der Waals surface area contributed by atoms with Crippen molar-refractivity contribution in [2.75, 3.05) is 0 Å². The van der Waals surface area contributed by atoms with Gasteiger partial charge < -0.3 is 0 Å². The standard InChI is InChI=1S/C5H7O/c1-2-3-4-5-6/h2-3H,4H2,1H3/b3-2+. The Morgan fingerprint density at radius 1 is 1.83 bits per heavy atom. The second-order valence-electron chi connectivity index (χ2n) is 0.917. The Hall–Kier alpha value is -0.590. The quantitative estimate of drug-likeness (QED) is 0.456. The van der Waals surface area contributed by atoms with Crippen molar-refractivity contribution < 1.29 is 4.79 Å². The van der Waals surface area contributed by atoms with Gasteiger partial charge >= 0.3 is 0 Å². The molecule has 0 spiro atoms. The molecule has 0 saturated carbocycles. The van der Waals surface area contributed by atoms with Crippen LogP contribution >= 0.6 is 0 Å². The molecule has 0 aromatic rings. The number of carbonyl (C=O) groups excluding carboxylic acids is 1. The molecule has 6 heavy (non-hydrogen) atoms. The first kappa shape index (κ1) is 5.41. The third-order valence-corrected chi connectivity index (χ3v) is 0.437. The minimum absolute atomic E-state index is 0.427. The fraction of sp³-hybridized carbons (Fsp3) is 0.400. The zero-order chi connectivity index (χ0) is 4.83. The minimum Gasteiger partial charge on any atom is -0.291 e. The Balaban J connectivity index is 2.85. The van der Waals surface area contributed by atoms with E-state index in [4.69, 9.17) is 0 Å². The Morgan fingerprint density at radius 2 is 2.50 bits per heavy atom. The Labute approximate surface area is 37.7 Å². The van der Waals surface area contributed by atoms with E-state index in [1.807, 2.05) is 13.0 Å². The second kappa shape index (κ2) is 4.41. The van der Waals surface area contributed by atoms with Crippen LogP contribution in [0.5, 0.6) is 0 Å². The molecular weight excluding hydrogens is 76.1 g/mol. The zero-order valence-electron chi connectivity index (χ0n) is 3.77.